The van der Waals surface area contributed by atoms with E-state index >= 15 is 0 Å². The van der Waals surface area contributed by atoms with Gasteiger partial charge in [-0.1, -0.05) is 0 Å². The minimum atomic E-state index is 0.0347. The molecule has 0 bridgehead atoms. The maximum atomic E-state index is 12.9. The lowest BCUT2D eigenvalue weighted by Gasteiger charge is -2.32. The Bertz CT molecular complexity index is 1080. The summed E-state index contributed by atoms with van der Waals surface area (Å²) < 4.78 is 3.27. The number of carbonyl (C=O) groups is 1. The Balaban J connectivity index is 1.33. The molecule has 0 radical (unpaired) electrons. The number of nitrogens with zero attached hydrogens (tertiary/aromatic N) is 6. The predicted octanol–water partition coefficient (Wildman–Crippen LogP) is 1.29. The predicted molar refractivity (Wildman–Crippen MR) is 106 cm³/mol. The molecule has 1 amide bonds. The number of amides is 1. The van der Waals surface area contributed by atoms with Gasteiger partial charge in [0.1, 0.15) is 12.7 Å². The lowest BCUT2D eigenvalue weighted by Crippen LogP contribution is -2.39. The van der Waals surface area contributed by atoms with Crippen LogP contribution in [-0.2, 0) is 24.2 Å². The number of fused-ring (bicyclic) bond motifs is 2. The molecule has 0 saturated carbocycles. The molecule has 2 aliphatic rings. The van der Waals surface area contributed by atoms with E-state index in [0.29, 0.717) is 25.2 Å². The quantitative estimate of drug-likeness (QED) is 0.717. The Hall–Kier alpha value is -2.97. The van der Waals surface area contributed by atoms with Gasteiger partial charge in [-0.15, -0.1) is 0 Å². The van der Waals surface area contributed by atoms with E-state index in [-0.39, 0.29) is 17.4 Å². The van der Waals surface area contributed by atoms with Crippen LogP contribution in [0.5, 0.6) is 0 Å². The average molecular weight is 395 g/mol. The zero-order chi connectivity index (χ0) is 19.8. The van der Waals surface area contributed by atoms with Gasteiger partial charge in [0.2, 0.25) is 5.91 Å². The molecule has 9 heteroatoms. The first-order chi connectivity index (χ1) is 14.2. The molecule has 1 aliphatic carbocycles. The summed E-state index contributed by atoms with van der Waals surface area (Å²) >= 11 is 0. The van der Waals surface area contributed by atoms with Gasteiger partial charge in [0, 0.05) is 42.8 Å². The zero-order valence-corrected chi connectivity index (χ0v) is 16.4. The molecule has 3 aromatic rings. The summed E-state index contributed by atoms with van der Waals surface area (Å²) in [5, 5.41) is 7.33. The van der Waals surface area contributed by atoms with Crippen molar-refractivity contribution in [2.75, 3.05) is 13.1 Å². The minimum Gasteiger partial charge on any atom is -0.342 e. The molecule has 0 aromatic carbocycles. The smallest absolute Gasteiger partial charge is 0.276 e. The summed E-state index contributed by atoms with van der Waals surface area (Å²) in [6.07, 6.45) is 9.32. The van der Waals surface area contributed by atoms with Gasteiger partial charge < -0.3 is 4.90 Å². The number of aryl methyl sites for hydroxylation is 2. The van der Waals surface area contributed by atoms with Crippen molar-refractivity contribution in [1.29, 1.82) is 0 Å². The summed E-state index contributed by atoms with van der Waals surface area (Å²) in [6, 6.07) is 1.99. The number of H-pyrrole nitrogens is 1. The van der Waals surface area contributed by atoms with Crippen molar-refractivity contribution in [3.63, 3.8) is 0 Å². The topological polar surface area (TPSA) is 101 Å². The highest BCUT2D eigenvalue weighted by atomic mass is 16.2. The van der Waals surface area contributed by atoms with E-state index in [1.165, 1.54) is 6.33 Å². The first-order valence-electron chi connectivity index (χ1n) is 10.4. The number of nitrogens with one attached hydrogen (secondary N) is 1. The van der Waals surface area contributed by atoms with Crippen molar-refractivity contribution in [3.05, 3.63) is 46.0 Å². The number of hydrogen-bond donors (Lipinski definition) is 1. The second-order valence-electron chi connectivity index (χ2n) is 8.04. The molecule has 9 nitrogen and oxygen atoms in total. The fraction of sp³-hybridized carbons (Fsp3) is 0.550. The third-order valence-electron chi connectivity index (χ3n) is 6.14. The van der Waals surface area contributed by atoms with Gasteiger partial charge >= 0.3 is 0 Å². The van der Waals surface area contributed by atoms with Gasteiger partial charge in [0.15, 0.2) is 5.65 Å². The maximum Gasteiger partial charge on any atom is 0.276 e. The molecular formula is C20H25N7O2. The van der Waals surface area contributed by atoms with Crippen molar-refractivity contribution in [3.8, 4) is 0 Å². The van der Waals surface area contributed by atoms with Crippen molar-refractivity contribution >= 4 is 11.6 Å². The van der Waals surface area contributed by atoms with Crippen molar-refractivity contribution in [2.45, 2.75) is 57.4 Å². The molecule has 1 unspecified atom stereocenters. The summed E-state index contributed by atoms with van der Waals surface area (Å²) in [7, 11) is 0. The van der Waals surface area contributed by atoms with Crippen LogP contribution in [0.1, 0.15) is 55.0 Å². The summed E-state index contributed by atoms with van der Waals surface area (Å²) in [6.45, 7) is 1.98. The van der Waals surface area contributed by atoms with Crippen LogP contribution in [0.3, 0.4) is 0 Å². The fourth-order valence-electron chi connectivity index (χ4n) is 4.56. The van der Waals surface area contributed by atoms with E-state index in [0.717, 1.165) is 62.0 Å². The van der Waals surface area contributed by atoms with E-state index in [2.05, 4.69) is 15.2 Å². The van der Waals surface area contributed by atoms with Crippen molar-refractivity contribution in [1.82, 2.24) is 34.3 Å². The van der Waals surface area contributed by atoms with Crippen LogP contribution in [0.25, 0.3) is 5.65 Å². The van der Waals surface area contributed by atoms with Gasteiger partial charge in [-0.05, 0) is 38.5 Å². The Labute approximate surface area is 167 Å². The normalized spacial score (nSPS) is 19.4. The van der Waals surface area contributed by atoms with E-state index in [9.17, 15) is 9.59 Å². The van der Waals surface area contributed by atoms with Gasteiger partial charge in [-0.3, -0.25) is 19.4 Å². The van der Waals surface area contributed by atoms with Crippen LogP contribution in [0.2, 0.25) is 0 Å². The molecule has 4 heterocycles. The molecule has 1 aliphatic heterocycles. The number of likely N-dealkylation sites (tertiary alicyclic amines) is 1. The van der Waals surface area contributed by atoms with Crippen molar-refractivity contribution < 1.29 is 4.79 Å². The number of aromatic amines is 1. The zero-order valence-electron chi connectivity index (χ0n) is 16.4. The van der Waals surface area contributed by atoms with Gasteiger partial charge in [0.25, 0.3) is 5.56 Å². The van der Waals surface area contributed by atoms with Crippen LogP contribution < -0.4 is 5.56 Å². The number of hydrogen-bond acceptors (Lipinski definition) is 5. The van der Waals surface area contributed by atoms with E-state index in [1.54, 1.807) is 15.5 Å². The molecule has 1 atom stereocenters. The highest BCUT2D eigenvalue weighted by molar-refractivity contribution is 5.76. The van der Waals surface area contributed by atoms with Crippen LogP contribution in [0.4, 0.5) is 0 Å². The average Bonchev–Trinajstić information content (AvgIpc) is 3.42. The van der Waals surface area contributed by atoms with Crippen molar-refractivity contribution in [2.24, 2.45) is 0 Å². The molecule has 29 heavy (non-hydrogen) atoms. The monoisotopic (exact) mass is 395 g/mol. The lowest BCUT2D eigenvalue weighted by atomic mass is 9.94. The first-order valence-corrected chi connectivity index (χ1v) is 10.4. The molecule has 3 aromatic heterocycles. The highest BCUT2D eigenvalue weighted by Gasteiger charge is 2.27. The first kappa shape index (κ1) is 18.1. The Morgan fingerprint density at radius 3 is 3.00 bits per heavy atom. The van der Waals surface area contributed by atoms with Gasteiger partial charge in [-0.2, -0.15) is 5.10 Å². The molecule has 152 valence electrons. The van der Waals surface area contributed by atoms with Gasteiger partial charge in [0.05, 0.1) is 12.2 Å². The Morgan fingerprint density at radius 2 is 2.14 bits per heavy atom. The molecule has 1 saturated heterocycles. The standard InChI is InChI=1S/C20H25N7O2/c28-19(7-9-26-13-21-12-22-26)25-8-3-4-14(11-25)17-10-18-23-16-6-2-1-5-15(16)20(29)27(18)24-17/h10,12-14,24H,1-9,11H2. The number of aromatic nitrogens is 6. The SMILES string of the molecule is O=C(CCn1cncn1)N1CCCC(c2cc3nc4c(c(=O)n3[nH]2)CCCC4)C1. The molecule has 1 N–H and O–H groups in total. The highest BCUT2D eigenvalue weighted by Crippen LogP contribution is 2.27. The summed E-state index contributed by atoms with van der Waals surface area (Å²) in [5.74, 6) is 0.323. The summed E-state index contributed by atoms with van der Waals surface area (Å²) in [4.78, 5) is 36.1. The molecular weight excluding hydrogens is 370 g/mol. The third kappa shape index (κ3) is 3.45. The number of piperidine rings is 1. The van der Waals surface area contributed by atoms with E-state index in [4.69, 9.17) is 4.98 Å². The lowest BCUT2D eigenvalue weighted by molar-refractivity contribution is -0.132. The number of rotatable bonds is 4. The molecule has 1 fully saturated rings. The second kappa shape index (κ2) is 7.46. The third-order valence-corrected chi connectivity index (χ3v) is 6.14. The fourth-order valence-corrected chi connectivity index (χ4v) is 4.56. The van der Waals surface area contributed by atoms with Crippen LogP contribution >= 0.6 is 0 Å². The Kier molecular flexibility index (Phi) is 4.65. The Morgan fingerprint density at radius 1 is 1.24 bits per heavy atom. The number of carbonyl (C=O) groups excluding carboxylic acids is 1. The van der Waals surface area contributed by atoms with E-state index < -0.39 is 0 Å². The van der Waals surface area contributed by atoms with Crippen LogP contribution in [0, 0.1) is 0 Å². The van der Waals surface area contributed by atoms with E-state index in [1.807, 2.05) is 11.0 Å². The molecule has 0 spiro atoms. The second-order valence-corrected chi connectivity index (χ2v) is 8.04. The maximum absolute atomic E-state index is 12.9. The van der Waals surface area contributed by atoms with Gasteiger partial charge in [-0.25, -0.2) is 14.5 Å². The minimum absolute atomic E-state index is 0.0347. The largest absolute Gasteiger partial charge is 0.342 e. The van der Waals surface area contributed by atoms with Crippen LogP contribution in [-0.4, -0.2) is 53.3 Å². The summed E-state index contributed by atoms with van der Waals surface area (Å²) in [5.41, 5.74) is 3.54. The van der Waals surface area contributed by atoms with Crippen LogP contribution in [0.15, 0.2) is 23.5 Å². The molecule has 5 rings (SSSR count).